The largest absolute Gasteiger partial charge is 0.471 e. The molecule has 5 rings (SSSR count). The Kier molecular flexibility index (Phi) is 6.95. The number of likely N-dealkylation sites (tertiary alicyclic amines) is 2. The molecule has 4 heterocycles. The van der Waals surface area contributed by atoms with Crippen LogP contribution in [0.25, 0.3) is 11.0 Å². The molecule has 0 unspecified atom stereocenters. The number of aromatic nitrogens is 3. The van der Waals surface area contributed by atoms with Crippen LogP contribution in [-0.4, -0.2) is 78.8 Å². The number of aliphatic hydroxyl groups is 1. The van der Waals surface area contributed by atoms with Gasteiger partial charge in [-0.25, -0.2) is 9.37 Å². The first kappa shape index (κ1) is 26.9. The van der Waals surface area contributed by atoms with Gasteiger partial charge in [0.2, 0.25) is 0 Å². The van der Waals surface area contributed by atoms with Crippen molar-refractivity contribution in [3.05, 3.63) is 64.6 Å². The zero-order valence-corrected chi connectivity index (χ0v) is 20.9. The number of hydrogen-bond donors (Lipinski definition) is 1. The molecule has 3 aromatic rings. The Bertz CT molecular complexity index is 1430. The third-order valence-electron chi connectivity index (χ3n) is 7.62. The molecular weight excluding hydrogens is 522 g/mol. The Morgan fingerprint density at radius 3 is 2.26 bits per heavy atom. The zero-order chi connectivity index (χ0) is 27.9. The molecule has 13 heteroatoms. The summed E-state index contributed by atoms with van der Waals surface area (Å²) >= 11 is 0. The molecule has 2 amide bonds. The summed E-state index contributed by atoms with van der Waals surface area (Å²) in [5.41, 5.74) is -0.848. The number of hydrogen-bond acceptors (Lipinski definition) is 5. The minimum absolute atomic E-state index is 0.0174. The molecule has 2 fully saturated rings. The van der Waals surface area contributed by atoms with E-state index in [0.29, 0.717) is 29.4 Å². The number of alkyl halides is 3. The highest BCUT2D eigenvalue weighted by atomic mass is 19.4. The first-order valence-corrected chi connectivity index (χ1v) is 12.6. The van der Waals surface area contributed by atoms with Crippen molar-refractivity contribution in [2.45, 2.75) is 50.0 Å². The summed E-state index contributed by atoms with van der Waals surface area (Å²) in [6.07, 6.45) is -0.826. The van der Waals surface area contributed by atoms with E-state index in [2.05, 4.69) is 4.98 Å². The monoisotopic (exact) mass is 549 g/mol. The molecule has 39 heavy (non-hydrogen) atoms. The topological polar surface area (TPSA) is 101 Å². The average Bonchev–Trinajstić information content (AvgIpc) is 3.35. The van der Waals surface area contributed by atoms with Crippen molar-refractivity contribution in [1.29, 1.82) is 0 Å². The lowest BCUT2D eigenvalue weighted by atomic mass is 9.91. The van der Waals surface area contributed by atoms with Gasteiger partial charge in [0.15, 0.2) is 0 Å². The lowest BCUT2D eigenvalue weighted by Crippen LogP contribution is -2.49. The Hall–Kier alpha value is -3.74. The fourth-order valence-corrected chi connectivity index (χ4v) is 5.38. The van der Waals surface area contributed by atoms with Crippen molar-refractivity contribution in [3.8, 4) is 0 Å². The number of halogens is 4. The summed E-state index contributed by atoms with van der Waals surface area (Å²) in [6.45, 7) is 0.420. The lowest BCUT2D eigenvalue weighted by Gasteiger charge is -2.38. The van der Waals surface area contributed by atoms with Crippen LogP contribution in [0.15, 0.2) is 47.7 Å². The zero-order valence-electron chi connectivity index (χ0n) is 20.9. The average molecular weight is 550 g/mol. The molecule has 0 bridgehead atoms. The second-order valence-electron chi connectivity index (χ2n) is 10.2. The van der Waals surface area contributed by atoms with E-state index >= 15 is 0 Å². The molecule has 0 saturated carbocycles. The SMILES string of the molecule is O=C(c1ccc(F)cc1)N1CCC(O)(Cn2cnc3c(ccn3C3CCN(C(=O)C(F)(F)F)CC3)c2=O)CC1. The number of benzene rings is 1. The Balaban J connectivity index is 1.24. The minimum atomic E-state index is -4.90. The maximum atomic E-state index is 13.2. The molecule has 0 radical (unpaired) electrons. The van der Waals surface area contributed by atoms with E-state index in [1.807, 2.05) is 0 Å². The predicted molar refractivity (Wildman–Crippen MR) is 131 cm³/mol. The number of nitrogens with zero attached hydrogens (tertiary/aromatic N) is 5. The van der Waals surface area contributed by atoms with Gasteiger partial charge in [0.05, 0.1) is 17.5 Å². The van der Waals surface area contributed by atoms with E-state index in [4.69, 9.17) is 0 Å². The fourth-order valence-electron chi connectivity index (χ4n) is 5.38. The second kappa shape index (κ2) is 10.1. The van der Waals surface area contributed by atoms with Crippen LogP contribution in [0.2, 0.25) is 0 Å². The van der Waals surface area contributed by atoms with Crippen molar-refractivity contribution >= 4 is 22.8 Å². The summed E-state index contributed by atoms with van der Waals surface area (Å²) in [7, 11) is 0. The number of piperidine rings is 2. The Morgan fingerprint density at radius 1 is 1.00 bits per heavy atom. The number of rotatable bonds is 4. The highest BCUT2D eigenvalue weighted by Crippen LogP contribution is 2.29. The third kappa shape index (κ3) is 5.40. The van der Waals surface area contributed by atoms with Crippen LogP contribution in [0, 0.1) is 5.82 Å². The van der Waals surface area contributed by atoms with E-state index in [0.717, 1.165) is 4.90 Å². The first-order chi connectivity index (χ1) is 18.4. The van der Waals surface area contributed by atoms with Gasteiger partial charge in [0, 0.05) is 44.0 Å². The van der Waals surface area contributed by atoms with Gasteiger partial charge in [-0.3, -0.25) is 19.0 Å². The summed E-state index contributed by atoms with van der Waals surface area (Å²) in [6, 6.07) is 6.65. The van der Waals surface area contributed by atoms with Gasteiger partial charge in [-0.15, -0.1) is 0 Å². The van der Waals surface area contributed by atoms with Crippen molar-refractivity contribution in [1.82, 2.24) is 23.9 Å². The standard InChI is InChI=1S/C26H27F4N5O4/c27-18-3-1-17(2-4-18)22(36)32-13-8-25(39,9-14-32)15-34-16-31-21-20(23(34)37)7-12-35(21)19-5-10-33(11-6-19)24(38)26(28,29)30/h1-4,7,12,16,19,39H,5-6,8-11,13-15H2. The van der Waals surface area contributed by atoms with Crippen LogP contribution < -0.4 is 5.56 Å². The van der Waals surface area contributed by atoms with Crippen LogP contribution in [0.1, 0.15) is 42.1 Å². The molecule has 9 nitrogen and oxygen atoms in total. The maximum absolute atomic E-state index is 13.2. The molecular formula is C26H27F4N5O4. The molecule has 0 aliphatic carbocycles. The molecule has 2 aliphatic rings. The van der Waals surface area contributed by atoms with Gasteiger partial charge < -0.3 is 19.5 Å². The van der Waals surface area contributed by atoms with Gasteiger partial charge in [0.25, 0.3) is 11.5 Å². The highest BCUT2D eigenvalue weighted by molar-refractivity contribution is 5.94. The number of amides is 2. The summed E-state index contributed by atoms with van der Waals surface area (Å²) in [4.78, 5) is 44.2. The van der Waals surface area contributed by atoms with Crippen LogP contribution in [-0.2, 0) is 11.3 Å². The fraction of sp³-hybridized carbons (Fsp3) is 0.462. The van der Waals surface area contributed by atoms with Gasteiger partial charge in [-0.2, -0.15) is 13.2 Å². The normalized spacial score (nSPS) is 18.5. The van der Waals surface area contributed by atoms with E-state index < -0.39 is 23.5 Å². The molecule has 2 aliphatic heterocycles. The van der Waals surface area contributed by atoms with E-state index in [-0.39, 0.29) is 63.1 Å². The third-order valence-corrected chi connectivity index (χ3v) is 7.62. The van der Waals surface area contributed by atoms with E-state index in [1.54, 1.807) is 21.7 Å². The summed E-state index contributed by atoms with van der Waals surface area (Å²) < 4.78 is 54.5. The van der Waals surface area contributed by atoms with Crippen LogP contribution >= 0.6 is 0 Å². The van der Waals surface area contributed by atoms with Crippen LogP contribution in [0.4, 0.5) is 17.6 Å². The maximum Gasteiger partial charge on any atom is 0.471 e. The quantitative estimate of drug-likeness (QED) is 0.505. The molecule has 1 N–H and O–H groups in total. The Labute approximate surface area is 220 Å². The smallest absolute Gasteiger partial charge is 0.388 e. The molecule has 1 aromatic carbocycles. The van der Waals surface area contributed by atoms with Crippen molar-refractivity contribution in [2.75, 3.05) is 26.2 Å². The highest BCUT2D eigenvalue weighted by Gasteiger charge is 2.43. The number of carbonyl (C=O) groups excluding carboxylic acids is 2. The lowest BCUT2D eigenvalue weighted by molar-refractivity contribution is -0.186. The van der Waals surface area contributed by atoms with Crippen molar-refractivity contribution in [2.24, 2.45) is 0 Å². The minimum Gasteiger partial charge on any atom is -0.388 e. The van der Waals surface area contributed by atoms with Crippen LogP contribution in [0.5, 0.6) is 0 Å². The molecule has 2 aromatic heterocycles. The van der Waals surface area contributed by atoms with Gasteiger partial charge >= 0.3 is 12.1 Å². The molecule has 2 saturated heterocycles. The summed E-state index contributed by atoms with van der Waals surface area (Å²) in [5, 5.41) is 11.5. The Morgan fingerprint density at radius 2 is 1.64 bits per heavy atom. The molecule has 208 valence electrons. The van der Waals surface area contributed by atoms with Crippen molar-refractivity contribution in [3.63, 3.8) is 0 Å². The second-order valence-corrected chi connectivity index (χ2v) is 10.2. The number of carbonyl (C=O) groups is 2. The number of fused-ring (bicyclic) bond motifs is 1. The van der Waals surface area contributed by atoms with Gasteiger partial charge in [-0.1, -0.05) is 0 Å². The van der Waals surface area contributed by atoms with Crippen LogP contribution in [0.3, 0.4) is 0 Å². The predicted octanol–water partition coefficient (Wildman–Crippen LogP) is 2.73. The first-order valence-electron chi connectivity index (χ1n) is 12.6. The van der Waals surface area contributed by atoms with Crippen molar-refractivity contribution < 1.29 is 32.3 Å². The van der Waals surface area contributed by atoms with E-state index in [9.17, 15) is 37.1 Å². The summed E-state index contributed by atoms with van der Waals surface area (Å²) in [5.74, 6) is -2.54. The van der Waals surface area contributed by atoms with E-state index in [1.165, 1.54) is 35.2 Å². The molecule has 0 atom stereocenters. The van der Waals surface area contributed by atoms with Gasteiger partial charge in [0.1, 0.15) is 17.8 Å². The molecule has 0 spiro atoms. The van der Waals surface area contributed by atoms with Gasteiger partial charge in [-0.05, 0) is 56.0 Å².